The molecule has 2 heterocycles. The Balaban J connectivity index is 1.69. The van der Waals surface area contributed by atoms with Crippen LogP contribution in [0.5, 0.6) is 0 Å². The minimum Gasteiger partial charge on any atom is -0.400 e. The van der Waals surface area contributed by atoms with E-state index in [0.717, 1.165) is 20.8 Å². The summed E-state index contributed by atoms with van der Waals surface area (Å²) in [5, 5.41) is 17.0. The van der Waals surface area contributed by atoms with Crippen LogP contribution in [-0.4, -0.2) is 22.0 Å². The summed E-state index contributed by atoms with van der Waals surface area (Å²) < 4.78 is 5.99. The summed E-state index contributed by atoms with van der Waals surface area (Å²) in [7, 11) is 0. The third kappa shape index (κ3) is 4.74. The van der Waals surface area contributed by atoms with Gasteiger partial charge in [-0.3, -0.25) is 14.9 Å². The van der Waals surface area contributed by atoms with Crippen molar-refractivity contribution in [3.05, 3.63) is 92.7 Å². The van der Waals surface area contributed by atoms with Crippen LogP contribution in [0.2, 0.25) is 5.02 Å². The molecule has 2 aromatic heterocycles. The number of furan rings is 1. The molecule has 0 aliphatic heterocycles. The first-order chi connectivity index (χ1) is 15.4. The number of carbonyl (C=O) groups excluding carboxylic acids is 1. The molecule has 8 nitrogen and oxygen atoms in total. The van der Waals surface area contributed by atoms with Gasteiger partial charge in [0.15, 0.2) is 5.76 Å². The van der Waals surface area contributed by atoms with Gasteiger partial charge in [0, 0.05) is 11.1 Å². The fourth-order valence-electron chi connectivity index (χ4n) is 2.78. The minimum atomic E-state index is -0.650. The summed E-state index contributed by atoms with van der Waals surface area (Å²) in [6.45, 7) is 1.97. The molecule has 0 N–H and O–H groups in total. The molecule has 4 rings (SSSR count). The molecule has 1 amide bonds. The van der Waals surface area contributed by atoms with Crippen LogP contribution in [0.15, 0.2) is 70.2 Å². The van der Waals surface area contributed by atoms with Crippen molar-refractivity contribution in [1.82, 2.24) is 4.98 Å². The molecule has 0 spiro atoms. The SMILES string of the molecule is Cc1ccc2nc(N(/N=C/c3ccc([N+](=O)[O-])o3)C(=O)/C=C/c3ccccc3Cl)sc2c1. The standard InChI is InChI=1S/C22H15ClN4O4S/c1-14-6-9-18-19(12-14)32-22(25-18)26(24-13-16-8-11-21(31-16)27(29)30)20(28)10-7-15-4-2-3-5-17(15)23/h2-13H,1H3/b10-7+,24-13+. The number of nitrogens with zero attached hydrogens (tertiary/aromatic N) is 4. The van der Waals surface area contributed by atoms with Crippen molar-refractivity contribution in [3.63, 3.8) is 0 Å². The molecular formula is C22H15ClN4O4S. The molecule has 0 atom stereocenters. The lowest BCUT2D eigenvalue weighted by atomic mass is 10.2. The lowest BCUT2D eigenvalue weighted by Gasteiger charge is -2.10. The van der Waals surface area contributed by atoms with Crippen LogP contribution in [0.25, 0.3) is 16.3 Å². The Bertz CT molecular complexity index is 1380. The monoisotopic (exact) mass is 466 g/mol. The van der Waals surface area contributed by atoms with Gasteiger partial charge >= 0.3 is 5.88 Å². The number of hydrazone groups is 1. The Morgan fingerprint density at radius 1 is 1.25 bits per heavy atom. The molecule has 4 aromatic rings. The Hall–Kier alpha value is -3.82. The predicted molar refractivity (Wildman–Crippen MR) is 125 cm³/mol. The van der Waals surface area contributed by atoms with E-state index in [1.54, 1.807) is 24.3 Å². The Morgan fingerprint density at radius 2 is 2.06 bits per heavy atom. The Kier molecular flexibility index (Phi) is 6.11. The van der Waals surface area contributed by atoms with Crippen LogP contribution >= 0.6 is 22.9 Å². The third-order valence-electron chi connectivity index (χ3n) is 4.33. The first kappa shape index (κ1) is 21.4. The number of hydrogen-bond donors (Lipinski definition) is 0. The van der Waals surface area contributed by atoms with Gasteiger partial charge in [-0.25, -0.2) is 4.98 Å². The molecule has 32 heavy (non-hydrogen) atoms. The normalized spacial score (nSPS) is 11.6. The number of rotatable bonds is 6. The second kappa shape index (κ2) is 9.13. The molecule has 10 heteroatoms. The predicted octanol–water partition coefficient (Wildman–Crippen LogP) is 5.84. The molecule has 0 saturated carbocycles. The van der Waals surface area contributed by atoms with Crippen LogP contribution < -0.4 is 5.01 Å². The van der Waals surface area contributed by atoms with Crippen LogP contribution in [0.1, 0.15) is 16.9 Å². The molecule has 0 unspecified atom stereocenters. The van der Waals surface area contributed by atoms with Crippen molar-refractivity contribution >= 4 is 62.4 Å². The number of thiazole rings is 1. The number of nitro groups is 1. The smallest absolute Gasteiger partial charge is 0.400 e. The van der Waals surface area contributed by atoms with Crippen molar-refractivity contribution in [2.75, 3.05) is 5.01 Å². The van der Waals surface area contributed by atoms with Gasteiger partial charge in [-0.2, -0.15) is 10.1 Å². The summed E-state index contributed by atoms with van der Waals surface area (Å²) in [4.78, 5) is 27.7. The maximum Gasteiger partial charge on any atom is 0.433 e. The van der Waals surface area contributed by atoms with E-state index in [1.807, 2.05) is 31.2 Å². The average molecular weight is 467 g/mol. The van der Waals surface area contributed by atoms with Crippen molar-refractivity contribution in [2.45, 2.75) is 6.92 Å². The van der Waals surface area contributed by atoms with E-state index >= 15 is 0 Å². The van der Waals surface area contributed by atoms with Gasteiger partial charge < -0.3 is 4.42 Å². The number of benzene rings is 2. The molecule has 0 aliphatic carbocycles. The summed E-state index contributed by atoms with van der Waals surface area (Å²) in [6.07, 6.45) is 4.15. The second-order valence-electron chi connectivity index (χ2n) is 6.65. The fourth-order valence-corrected chi connectivity index (χ4v) is 4.00. The van der Waals surface area contributed by atoms with E-state index in [9.17, 15) is 14.9 Å². The highest BCUT2D eigenvalue weighted by atomic mass is 35.5. The summed E-state index contributed by atoms with van der Waals surface area (Å²) in [6, 6.07) is 15.5. The number of hydrogen-bond acceptors (Lipinski definition) is 7. The molecule has 0 aliphatic rings. The highest BCUT2D eigenvalue weighted by Crippen LogP contribution is 2.30. The van der Waals surface area contributed by atoms with Crippen molar-refractivity contribution in [2.24, 2.45) is 5.10 Å². The van der Waals surface area contributed by atoms with Gasteiger partial charge in [-0.15, -0.1) is 0 Å². The van der Waals surface area contributed by atoms with Crippen molar-refractivity contribution in [3.8, 4) is 0 Å². The van der Waals surface area contributed by atoms with Crippen LogP contribution in [-0.2, 0) is 4.79 Å². The molecular weight excluding hydrogens is 452 g/mol. The average Bonchev–Trinajstić information content (AvgIpc) is 3.40. The van der Waals surface area contributed by atoms with E-state index in [2.05, 4.69) is 10.1 Å². The van der Waals surface area contributed by atoms with E-state index < -0.39 is 16.7 Å². The number of amides is 1. The highest BCUT2D eigenvalue weighted by Gasteiger charge is 2.18. The van der Waals surface area contributed by atoms with E-state index in [1.165, 1.54) is 35.8 Å². The van der Waals surface area contributed by atoms with Gasteiger partial charge in [0.1, 0.15) is 4.92 Å². The van der Waals surface area contributed by atoms with Crippen LogP contribution in [0.4, 0.5) is 11.0 Å². The number of carbonyl (C=O) groups is 1. The van der Waals surface area contributed by atoms with E-state index in [0.29, 0.717) is 15.7 Å². The summed E-state index contributed by atoms with van der Waals surface area (Å²) >= 11 is 7.46. The number of aromatic nitrogens is 1. The number of aryl methyl sites for hydroxylation is 1. The maximum atomic E-state index is 13.0. The molecule has 160 valence electrons. The number of halogens is 1. The Morgan fingerprint density at radius 3 is 2.81 bits per heavy atom. The third-order valence-corrected chi connectivity index (χ3v) is 5.66. The van der Waals surface area contributed by atoms with E-state index in [4.69, 9.17) is 16.0 Å². The van der Waals surface area contributed by atoms with Crippen LogP contribution in [0.3, 0.4) is 0 Å². The van der Waals surface area contributed by atoms with Gasteiger partial charge in [0.05, 0.1) is 22.5 Å². The van der Waals surface area contributed by atoms with Gasteiger partial charge in [0.25, 0.3) is 5.91 Å². The first-order valence-electron chi connectivity index (χ1n) is 9.33. The minimum absolute atomic E-state index is 0.126. The second-order valence-corrected chi connectivity index (χ2v) is 8.07. The topological polar surface area (TPSA) is 102 Å². The van der Waals surface area contributed by atoms with E-state index in [-0.39, 0.29) is 5.76 Å². The Labute approximate surface area is 191 Å². The summed E-state index contributed by atoms with van der Waals surface area (Å²) in [5.74, 6) is -0.766. The lowest BCUT2D eigenvalue weighted by Crippen LogP contribution is -2.23. The van der Waals surface area contributed by atoms with Gasteiger partial charge in [-0.1, -0.05) is 47.2 Å². The van der Waals surface area contributed by atoms with Gasteiger partial charge in [-0.05, 0) is 48.4 Å². The number of fused-ring (bicyclic) bond motifs is 1. The van der Waals surface area contributed by atoms with Crippen molar-refractivity contribution in [1.29, 1.82) is 0 Å². The molecule has 2 aromatic carbocycles. The fraction of sp³-hybridized carbons (Fsp3) is 0.0455. The van der Waals surface area contributed by atoms with Crippen LogP contribution in [0, 0.1) is 17.0 Å². The van der Waals surface area contributed by atoms with Gasteiger partial charge in [0.2, 0.25) is 5.13 Å². The quantitative estimate of drug-likeness (QED) is 0.154. The largest absolute Gasteiger partial charge is 0.433 e. The zero-order chi connectivity index (χ0) is 22.7. The number of anilines is 1. The molecule has 0 fully saturated rings. The molecule has 0 saturated heterocycles. The summed E-state index contributed by atoms with van der Waals surface area (Å²) in [5.41, 5.74) is 2.47. The maximum absolute atomic E-state index is 13.0. The molecule has 0 bridgehead atoms. The zero-order valence-corrected chi connectivity index (χ0v) is 18.2. The first-order valence-corrected chi connectivity index (χ1v) is 10.5. The molecule has 0 radical (unpaired) electrons. The zero-order valence-electron chi connectivity index (χ0n) is 16.6. The highest BCUT2D eigenvalue weighted by molar-refractivity contribution is 7.22. The lowest BCUT2D eigenvalue weighted by molar-refractivity contribution is -0.402. The van der Waals surface area contributed by atoms with Crippen molar-refractivity contribution < 1.29 is 14.1 Å².